The third-order valence-electron chi connectivity index (χ3n) is 3.87. The topological polar surface area (TPSA) is 0 Å². The number of hydrogen-bond donors (Lipinski definition) is 0. The molecule has 2 aromatic carbocycles. The largest absolute Gasteiger partial charge is 0.435 e. The first-order valence-electron chi connectivity index (χ1n) is 7.33. The Morgan fingerprint density at radius 3 is 1.79 bits per heavy atom. The Morgan fingerprint density at radius 1 is 0.828 bits per heavy atom. The Hall–Kier alpha value is -1.85. The van der Waals surface area contributed by atoms with Crippen molar-refractivity contribution in [2.45, 2.75) is 31.1 Å². The molecule has 0 aliphatic heterocycles. The van der Waals surface area contributed by atoms with E-state index in [-0.39, 0.29) is 24.3 Å². The molecule has 12 heteroatoms. The lowest BCUT2D eigenvalue weighted by atomic mass is 9.85. The number of benzene rings is 2. The van der Waals surface area contributed by atoms with Gasteiger partial charge in [-0.2, -0.15) is 39.5 Å². The highest BCUT2D eigenvalue weighted by molar-refractivity contribution is 9.10. The van der Waals surface area contributed by atoms with Crippen molar-refractivity contribution in [3.63, 3.8) is 0 Å². The number of alkyl halides is 10. The maximum Gasteiger partial charge on any atom is 0.435 e. The number of hydrogen-bond acceptors (Lipinski definition) is 0. The Bertz CT molecular complexity index is 909. The van der Waals surface area contributed by atoms with Crippen LogP contribution in [0.1, 0.15) is 16.7 Å². The summed E-state index contributed by atoms with van der Waals surface area (Å²) >= 11 is 2.56. The molecule has 2 aromatic rings. The molecule has 0 aliphatic rings. The molecule has 0 saturated heterocycles. The minimum atomic E-state index is -6.55. The summed E-state index contributed by atoms with van der Waals surface area (Å²) in [5.74, 6) is -1.59. The molecule has 0 unspecified atom stereocenters. The summed E-state index contributed by atoms with van der Waals surface area (Å²) in [6, 6.07) is 2.75. The Balaban J connectivity index is 3.01. The van der Waals surface area contributed by atoms with Crippen molar-refractivity contribution in [2.24, 2.45) is 0 Å². The number of aryl methyl sites for hydroxylation is 1. The monoisotopic (exact) mass is 499 g/mol. The molecule has 0 aromatic heterocycles. The fraction of sp³-hybridized carbons (Fsp3) is 0.294. The molecular formula is C17H7BrF11. The predicted octanol–water partition coefficient (Wildman–Crippen LogP) is 7.67. The Kier molecular flexibility index (Phi) is 5.76. The molecule has 0 heterocycles. The van der Waals surface area contributed by atoms with E-state index >= 15 is 0 Å². The first-order valence-corrected chi connectivity index (χ1v) is 8.13. The van der Waals surface area contributed by atoms with Crippen LogP contribution < -0.4 is 0 Å². The second kappa shape index (κ2) is 7.13. The molecule has 0 saturated carbocycles. The van der Waals surface area contributed by atoms with Crippen LogP contribution in [0.25, 0.3) is 11.1 Å². The first-order chi connectivity index (χ1) is 12.9. The zero-order chi connectivity index (χ0) is 22.6. The summed E-state index contributed by atoms with van der Waals surface area (Å²) < 4.78 is 146. The average molecular weight is 500 g/mol. The highest BCUT2D eigenvalue weighted by atomic mass is 79.9. The van der Waals surface area contributed by atoms with Crippen LogP contribution in [-0.2, 0) is 11.8 Å². The minimum Gasteiger partial charge on any atom is -0.218 e. The third kappa shape index (κ3) is 4.08. The van der Waals surface area contributed by atoms with Gasteiger partial charge >= 0.3 is 24.2 Å². The van der Waals surface area contributed by atoms with Gasteiger partial charge in [0.25, 0.3) is 0 Å². The fourth-order valence-corrected chi connectivity index (χ4v) is 3.31. The molecule has 0 fully saturated rings. The molecule has 159 valence electrons. The molecule has 1 radical (unpaired) electrons. The summed E-state index contributed by atoms with van der Waals surface area (Å²) in [5, 5.41) is 0. The van der Waals surface area contributed by atoms with E-state index in [0.717, 1.165) is 6.92 Å². The van der Waals surface area contributed by atoms with E-state index in [0.29, 0.717) is 0 Å². The Labute approximate surface area is 164 Å². The van der Waals surface area contributed by atoms with E-state index in [4.69, 9.17) is 0 Å². The number of halogens is 12. The summed E-state index contributed by atoms with van der Waals surface area (Å²) in [6.45, 7) is 0.980. The van der Waals surface area contributed by atoms with Gasteiger partial charge in [-0.3, -0.25) is 0 Å². The van der Waals surface area contributed by atoms with Gasteiger partial charge < -0.3 is 0 Å². The van der Waals surface area contributed by atoms with Crippen LogP contribution in [0.4, 0.5) is 48.3 Å². The van der Waals surface area contributed by atoms with E-state index in [1.807, 2.05) is 0 Å². The van der Waals surface area contributed by atoms with E-state index in [1.165, 1.54) is 0 Å². The van der Waals surface area contributed by atoms with Gasteiger partial charge in [0.1, 0.15) is 5.82 Å². The summed E-state index contributed by atoms with van der Waals surface area (Å²) in [4.78, 5) is 0. The van der Waals surface area contributed by atoms with Gasteiger partial charge in [0.2, 0.25) is 0 Å². The van der Waals surface area contributed by atoms with E-state index in [2.05, 4.69) is 22.0 Å². The molecular weight excluding hydrogens is 493 g/mol. The van der Waals surface area contributed by atoms with Crippen molar-refractivity contribution < 1.29 is 48.3 Å². The Morgan fingerprint density at radius 2 is 1.34 bits per heavy atom. The molecule has 0 N–H and O–H groups in total. The van der Waals surface area contributed by atoms with Gasteiger partial charge in [-0.15, -0.1) is 0 Å². The van der Waals surface area contributed by atoms with Crippen LogP contribution in [0, 0.1) is 18.8 Å². The molecule has 0 nitrogen and oxygen atoms in total. The maximum atomic E-state index is 14.7. The standard InChI is InChI=1S/C17H7BrF11/c1-7-4-10(14(20,16(24,25)26)17(27,28)29)13(11(18)5-7)9-6-8(15(21,22)23)2-3-12(9)19/h2-4,6H,1H3. The third-order valence-corrected chi connectivity index (χ3v) is 4.47. The molecule has 0 aliphatic carbocycles. The van der Waals surface area contributed by atoms with Crippen LogP contribution in [0.15, 0.2) is 28.7 Å². The highest BCUT2D eigenvalue weighted by Crippen LogP contribution is 2.56. The summed E-state index contributed by atoms with van der Waals surface area (Å²) in [5.41, 5.74) is -12.8. The SMILES string of the molecule is Cc1[c]c(Br)c(-c2cc(C(F)(F)F)ccc2F)c(C(F)(C(F)(F)F)C(F)(F)F)c1. The minimum absolute atomic E-state index is 0.00469. The van der Waals surface area contributed by atoms with Crippen LogP contribution in [0.2, 0.25) is 0 Å². The quantitative estimate of drug-likeness (QED) is 0.372. The van der Waals surface area contributed by atoms with Gasteiger partial charge in [0.15, 0.2) is 0 Å². The lowest BCUT2D eigenvalue weighted by Gasteiger charge is -2.32. The normalized spacial score (nSPS) is 13.7. The van der Waals surface area contributed by atoms with Gasteiger partial charge in [0, 0.05) is 27.2 Å². The zero-order valence-electron chi connectivity index (χ0n) is 13.8. The van der Waals surface area contributed by atoms with Crippen molar-refractivity contribution in [3.8, 4) is 11.1 Å². The van der Waals surface area contributed by atoms with Gasteiger partial charge in [-0.25, -0.2) is 8.78 Å². The fourth-order valence-electron chi connectivity index (χ4n) is 2.57. The summed E-state index contributed by atoms with van der Waals surface area (Å²) in [6.07, 6.45) is -18.2. The van der Waals surface area contributed by atoms with Gasteiger partial charge in [-0.05, 0) is 46.6 Å². The van der Waals surface area contributed by atoms with E-state index in [9.17, 15) is 48.3 Å². The summed E-state index contributed by atoms with van der Waals surface area (Å²) in [7, 11) is 0. The molecule has 0 amide bonds. The molecule has 0 bridgehead atoms. The van der Waals surface area contributed by atoms with Gasteiger partial charge in [0.05, 0.1) is 5.56 Å². The van der Waals surface area contributed by atoms with Crippen LogP contribution in [-0.4, -0.2) is 12.4 Å². The van der Waals surface area contributed by atoms with Crippen molar-refractivity contribution in [1.29, 1.82) is 0 Å². The highest BCUT2D eigenvalue weighted by Gasteiger charge is 2.74. The van der Waals surface area contributed by atoms with Crippen LogP contribution in [0.3, 0.4) is 0 Å². The lowest BCUT2D eigenvalue weighted by Crippen LogP contribution is -2.50. The average Bonchev–Trinajstić information content (AvgIpc) is 2.51. The lowest BCUT2D eigenvalue weighted by molar-refractivity contribution is -0.348. The van der Waals surface area contributed by atoms with Crippen LogP contribution in [0.5, 0.6) is 0 Å². The predicted molar refractivity (Wildman–Crippen MR) is 83.0 cm³/mol. The molecule has 29 heavy (non-hydrogen) atoms. The van der Waals surface area contributed by atoms with Gasteiger partial charge in [-0.1, -0.05) is 6.07 Å². The molecule has 2 rings (SSSR count). The first kappa shape index (κ1) is 23.4. The maximum absolute atomic E-state index is 14.7. The molecule has 0 spiro atoms. The second-order valence-electron chi connectivity index (χ2n) is 5.90. The zero-order valence-corrected chi connectivity index (χ0v) is 15.4. The van der Waals surface area contributed by atoms with Crippen LogP contribution >= 0.6 is 15.9 Å². The number of rotatable bonds is 2. The van der Waals surface area contributed by atoms with E-state index in [1.54, 1.807) is 0 Å². The van der Waals surface area contributed by atoms with Crippen molar-refractivity contribution in [1.82, 2.24) is 0 Å². The smallest absolute Gasteiger partial charge is 0.218 e. The second-order valence-corrected chi connectivity index (χ2v) is 6.69. The van der Waals surface area contributed by atoms with Crippen molar-refractivity contribution >= 4 is 15.9 Å². The van der Waals surface area contributed by atoms with E-state index < -0.39 is 62.3 Å². The van der Waals surface area contributed by atoms with Crippen molar-refractivity contribution in [3.05, 3.63) is 57.3 Å². The van der Waals surface area contributed by atoms with Crippen molar-refractivity contribution in [2.75, 3.05) is 0 Å². The molecule has 0 atom stereocenters.